The average Bonchev–Trinajstić information content (AvgIpc) is 2.92. The molecule has 0 bridgehead atoms. The SMILES string of the molecule is CNCCN(C)Cc1cn[nH]c1-c1ccc(C(F)(F)F)cc1.Cl. The zero-order valence-electron chi connectivity index (χ0n) is 12.9. The highest BCUT2D eigenvalue weighted by Crippen LogP contribution is 2.31. The molecule has 0 aliphatic rings. The summed E-state index contributed by atoms with van der Waals surface area (Å²) in [6, 6.07) is 5.11. The van der Waals surface area contributed by atoms with Gasteiger partial charge < -0.3 is 10.2 Å². The summed E-state index contributed by atoms with van der Waals surface area (Å²) in [6.07, 6.45) is -2.61. The second-order valence-corrected chi connectivity index (χ2v) is 5.19. The van der Waals surface area contributed by atoms with Crippen LogP contribution in [0.2, 0.25) is 0 Å². The third-order valence-electron chi connectivity index (χ3n) is 3.40. The lowest BCUT2D eigenvalue weighted by Crippen LogP contribution is -2.26. The minimum atomic E-state index is -4.32. The number of alkyl halides is 3. The summed E-state index contributed by atoms with van der Waals surface area (Å²) in [5, 5.41) is 9.95. The molecule has 2 N–H and O–H groups in total. The molecule has 0 radical (unpaired) electrons. The molecule has 0 amide bonds. The van der Waals surface area contributed by atoms with Gasteiger partial charge in [0, 0.05) is 25.2 Å². The number of nitrogens with one attached hydrogen (secondary N) is 2. The Labute approximate surface area is 139 Å². The van der Waals surface area contributed by atoms with Gasteiger partial charge in [-0.2, -0.15) is 18.3 Å². The maximum absolute atomic E-state index is 12.6. The summed E-state index contributed by atoms with van der Waals surface area (Å²) in [6.45, 7) is 2.41. The molecule has 2 aromatic rings. The Morgan fingerprint density at radius 2 is 1.87 bits per heavy atom. The molecule has 0 aliphatic heterocycles. The maximum Gasteiger partial charge on any atom is 0.416 e. The van der Waals surface area contributed by atoms with E-state index in [1.807, 2.05) is 14.1 Å². The van der Waals surface area contributed by atoms with Crippen LogP contribution in [0.1, 0.15) is 11.1 Å². The molecule has 2 rings (SSSR count). The number of likely N-dealkylation sites (N-methyl/N-ethyl adjacent to an activating group) is 2. The Kier molecular flexibility index (Phi) is 7.05. The number of H-pyrrole nitrogens is 1. The van der Waals surface area contributed by atoms with Gasteiger partial charge in [0.1, 0.15) is 0 Å². The first-order valence-electron chi connectivity index (χ1n) is 6.95. The fourth-order valence-electron chi connectivity index (χ4n) is 2.18. The highest BCUT2D eigenvalue weighted by Gasteiger charge is 2.30. The van der Waals surface area contributed by atoms with Crippen LogP contribution in [0.25, 0.3) is 11.3 Å². The maximum atomic E-state index is 12.6. The van der Waals surface area contributed by atoms with E-state index in [0.29, 0.717) is 12.1 Å². The third kappa shape index (κ3) is 5.23. The van der Waals surface area contributed by atoms with Crippen molar-refractivity contribution in [3.63, 3.8) is 0 Å². The predicted molar refractivity (Wildman–Crippen MR) is 86.5 cm³/mol. The number of halogens is 4. The Balaban J connectivity index is 0.00000264. The van der Waals surface area contributed by atoms with Crippen LogP contribution < -0.4 is 5.32 Å². The number of aromatic amines is 1. The summed E-state index contributed by atoms with van der Waals surface area (Å²) in [5.74, 6) is 0. The van der Waals surface area contributed by atoms with Gasteiger partial charge >= 0.3 is 6.18 Å². The van der Waals surface area contributed by atoms with Gasteiger partial charge in [-0.3, -0.25) is 5.10 Å². The minimum absolute atomic E-state index is 0. The molecule has 0 atom stereocenters. The van der Waals surface area contributed by atoms with E-state index in [1.165, 1.54) is 12.1 Å². The topological polar surface area (TPSA) is 44.0 Å². The zero-order valence-corrected chi connectivity index (χ0v) is 13.8. The van der Waals surface area contributed by atoms with Gasteiger partial charge in [-0.05, 0) is 31.8 Å². The Morgan fingerprint density at radius 1 is 1.22 bits per heavy atom. The quantitative estimate of drug-likeness (QED) is 0.842. The van der Waals surface area contributed by atoms with Crippen molar-refractivity contribution >= 4 is 12.4 Å². The van der Waals surface area contributed by atoms with Crippen LogP contribution in [0.3, 0.4) is 0 Å². The minimum Gasteiger partial charge on any atom is -0.318 e. The highest BCUT2D eigenvalue weighted by atomic mass is 35.5. The van der Waals surface area contributed by atoms with Gasteiger partial charge in [-0.15, -0.1) is 12.4 Å². The fourth-order valence-corrected chi connectivity index (χ4v) is 2.18. The molecule has 0 aliphatic carbocycles. The van der Waals surface area contributed by atoms with E-state index in [0.717, 1.165) is 36.5 Å². The Bertz CT molecular complexity index is 596. The lowest BCUT2D eigenvalue weighted by molar-refractivity contribution is -0.137. The van der Waals surface area contributed by atoms with Crippen LogP contribution in [-0.4, -0.2) is 42.3 Å². The average molecular weight is 349 g/mol. The number of aromatic nitrogens is 2. The number of nitrogens with zero attached hydrogens (tertiary/aromatic N) is 2. The molecule has 128 valence electrons. The van der Waals surface area contributed by atoms with E-state index in [-0.39, 0.29) is 12.4 Å². The van der Waals surface area contributed by atoms with Crippen LogP contribution in [-0.2, 0) is 12.7 Å². The molecule has 1 aromatic heterocycles. The molecule has 1 heterocycles. The third-order valence-corrected chi connectivity index (χ3v) is 3.40. The van der Waals surface area contributed by atoms with Crippen LogP contribution in [0, 0.1) is 0 Å². The predicted octanol–water partition coefficient (Wildman–Crippen LogP) is 3.17. The van der Waals surface area contributed by atoms with Crippen LogP contribution >= 0.6 is 12.4 Å². The molecular formula is C15H20ClF3N4. The largest absolute Gasteiger partial charge is 0.416 e. The van der Waals surface area contributed by atoms with E-state index in [1.54, 1.807) is 6.20 Å². The fraction of sp³-hybridized carbons (Fsp3) is 0.400. The number of benzene rings is 1. The van der Waals surface area contributed by atoms with Crippen LogP contribution in [0.4, 0.5) is 13.2 Å². The van der Waals surface area contributed by atoms with E-state index >= 15 is 0 Å². The summed E-state index contributed by atoms with van der Waals surface area (Å²) in [4.78, 5) is 2.12. The van der Waals surface area contributed by atoms with Crippen molar-refractivity contribution in [3.8, 4) is 11.3 Å². The molecule has 8 heteroatoms. The lowest BCUT2D eigenvalue weighted by atomic mass is 10.1. The molecular weight excluding hydrogens is 329 g/mol. The van der Waals surface area contributed by atoms with Crippen molar-refractivity contribution in [2.24, 2.45) is 0 Å². The van der Waals surface area contributed by atoms with Crippen molar-refractivity contribution in [2.45, 2.75) is 12.7 Å². The van der Waals surface area contributed by atoms with Crippen molar-refractivity contribution < 1.29 is 13.2 Å². The second-order valence-electron chi connectivity index (χ2n) is 5.19. The number of rotatable bonds is 6. The van der Waals surface area contributed by atoms with E-state index in [2.05, 4.69) is 20.4 Å². The molecule has 1 aromatic carbocycles. The lowest BCUT2D eigenvalue weighted by Gasteiger charge is -2.16. The highest BCUT2D eigenvalue weighted by molar-refractivity contribution is 5.85. The smallest absolute Gasteiger partial charge is 0.318 e. The van der Waals surface area contributed by atoms with Crippen LogP contribution in [0.15, 0.2) is 30.5 Å². The van der Waals surface area contributed by atoms with Gasteiger partial charge in [-0.1, -0.05) is 12.1 Å². The van der Waals surface area contributed by atoms with Gasteiger partial charge in [0.05, 0.1) is 17.5 Å². The van der Waals surface area contributed by atoms with E-state index in [4.69, 9.17) is 0 Å². The van der Waals surface area contributed by atoms with Gasteiger partial charge in [0.25, 0.3) is 0 Å². The number of hydrogen-bond donors (Lipinski definition) is 2. The van der Waals surface area contributed by atoms with E-state index in [9.17, 15) is 13.2 Å². The van der Waals surface area contributed by atoms with Crippen molar-refractivity contribution in [3.05, 3.63) is 41.6 Å². The second kappa shape index (κ2) is 8.33. The summed E-state index contributed by atoms with van der Waals surface area (Å²) in [5.41, 5.74) is 1.76. The molecule has 0 spiro atoms. The first kappa shape index (κ1) is 19.5. The summed E-state index contributed by atoms with van der Waals surface area (Å²) >= 11 is 0. The molecule has 23 heavy (non-hydrogen) atoms. The standard InChI is InChI=1S/C15H19F3N4.ClH/c1-19-7-8-22(2)10-12-9-20-21-14(12)11-3-5-13(6-4-11)15(16,17)18;/h3-6,9,19H,7-8,10H2,1-2H3,(H,20,21);1H. The van der Waals surface area contributed by atoms with E-state index < -0.39 is 11.7 Å². The molecule has 0 saturated carbocycles. The Morgan fingerprint density at radius 3 is 2.43 bits per heavy atom. The van der Waals surface area contributed by atoms with Crippen molar-refractivity contribution in [2.75, 3.05) is 27.2 Å². The first-order chi connectivity index (χ1) is 10.4. The molecule has 0 unspecified atom stereocenters. The normalized spacial score (nSPS) is 11.6. The molecule has 4 nitrogen and oxygen atoms in total. The van der Waals surface area contributed by atoms with Gasteiger partial charge in [0.15, 0.2) is 0 Å². The summed E-state index contributed by atoms with van der Waals surface area (Å²) in [7, 11) is 3.88. The van der Waals surface area contributed by atoms with Crippen molar-refractivity contribution in [1.29, 1.82) is 0 Å². The van der Waals surface area contributed by atoms with Crippen molar-refractivity contribution in [1.82, 2.24) is 20.4 Å². The molecule has 0 saturated heterocycles. The Hall–Kier alpha value is -1.57. The summed E-state index contributed by atoms with van der Waals surface area (Å²) < 4.78 is 37.8. The molecule has 0 fully saturated rings. The first-order valence-corrected chi connectivity index (χ1v) is 6.95. The van der Waals surface area contributed by atoms with Crippen LogP contribution in [0.5, 0.6) is 0 Å². The monoisotopic (exact) mass is 348 g/mol. The van der Waals surface area contributed by atoms with Gasteiger partial charge in [-0.25, -0.2) is 0 Å². The zero-order chi connectivity index (χ0) is 16.2. The number of hydrogen-bond acceptors (Lipinski definition) is 3. The van der Waals surface area contributed by atoms with Gasteiger partial charge in [0.2, 0.25) is 0 Å².